The first kappa shape index (κ1) is 16.3. The quantitative estimate of drug-likeness (QED) is 0.726. The van der Waals surface area contributed by atoms with Crippen LogP contribution in [0.25, 0.3) is 0 Å². The van der Waals surface area contributed by atoms with Crippen molar-refractivity contribution in [3.63, 3.8) is 0 Å². The van der Waals surface area contributed by atoms with Crippen LogP contribution in [0.1, 0.15) is 18.0 Å². The maximum atomic E-state index is 12.8. The van der Waals surface area contributed by atoms with Gasteiger partial charge in [-0.25, -0.2) is 9.18 Å². The van der Waals surface area contributed by atoms with E-state index in [1.54, 1.807) is 12.1 Å². The fraction of sp³-hybridized carbons (Fsp3) is 0.278. The number of cyclic esters (lactones) is 1. The molecule has 1 atom stereocenters. The molecule has 0 aromatic heterocycles. The lowest BCUT2D eigenvalue weighted by Gasteiger charge is -2.20. The predicted octanol–water partition coefficient (Wildman–Crippen LogP) is 3.72. The lowest BCUT2D eigenvalue weighted by Crippen LogP contribution is -2.28. The molecule has 126 valence electrons. The Hall–Kier alpha value is -2.60. The van der Waals surface area contributed by atoms with Crippen molar-refractivity contribution in [2.45, 2.75) is 12.5 Å². The van der Waals surface area contributed by atoms with Crippen molar-refractivity contribution in [3.05, 3.63) is 66.0 Å². The first-order valence-corrected chi connectivity index (χ1v) is 7.76. The van der Waals surface area contributed by atoms with Crippen LogP contribution in [0.2, 0.25) is 0 Å². The van der Waals surface area contributed by atoms with Crippen LogP contribution < -0.4 is 4.74 Å². The molecule has 3 rings (SSSR count). The fourth-order valence-corrected chi connectivity index (χ4v) is 2.40. The van der Waals surface area contributed by atoms with Gasteiger partial charge in [-0.3, -0.25) is 4.84 Å². The van der Waals surface area contributed by atoms with E-state index in [9.17, 15) is 9.18 Å². The van der Waals surface area contributed by atoms with Gasteiger partial charge in [0.25, 0.3) is 0 Å². The SMILES string of the molecule is O=C1OCC(c2ccccc2)N1OCCCOc1ccc(F)cc1. The maximum absolute atomic E-state index is 12.8. The molecule has 1 amide bonds. The van der Waals surface area contributed by atoms with E-state index < -0.39 is 6.09 Å². The number of halogens is 1. The van der Waals surface area contributed by atoms with Crippen LogP contribution in [0.4, 0.5) is 9.18 Å². The standard InChI is InChI=1S/C18H18FNO4/c19-15-7-9-16(10-8-15)22-11-4-12-24-20-17(13-23-18(20)21)14-5-2-1-3-6-14/h1-3,5-10,17H,4,11-13H2. The number of hydrogen-bond donors (Lipinski definition) is 0. The van der Waals surface area contributed by atoms with Crippen molar-refractivity contribution < 1.29 is 23.5 Å². The molecular formula is C18H18FNO4. The molecule has 0 N–H and O–H groups in total. The Morgan fingerprint density at radius 1 is 1.08 bits per heavy atom. The summed E-state index contributed by atoms with van der Waals surface area (Å²) in [6, 6.07) is 15.2. The van der Waals surface area contributed by atoms with Crippen LogP contribution in [0.15, 0.2) is 54.6 Å². The highest BCUT2D eigenvalue weighted by atomic mass is 19.1. The zero-order valence-corrected chi connectivity index (χ0v) is 13.1. The average Bonchev–Trinajstić information content (AvgIpc) is 2.98. The Morgan fingerprint density at radius 3 is 2.58 bits per heavy atom. The van der Waals surface area contributed by atoms with Gasteiger partial charge in [-0.2, -0.15) is 5.06 Å². The largest absolute Gasteiger partial charge is 0.494 e. The Kier molecular flexibility index (Phi) is 5.28. The Labute approximate surface area is 139 Å². The molecule has 0 saturated carbocycles. The number of ether oxygens (including phenoxy) is 2. The van der Waals surface area contributed by atoms with Crippen molar-refractivity contribution in [1.29, 1.82) is 0 Å². The minimum Gasteiger partial charge on any atom is -0.494 e. The number of rotatable bonds is 7. The summed E-state index contributed by atoms with van der Waals surface area (Å²) in [6.07, 6.45) is 0.103. The number of carbonyl (C=O) groups excluding carboxylic acids is 1. The number of carbonyl (C=O) groups is 1. The first-order valence-electron chi connectivity index (χ1n) is 7.76. The molecule has 1 fully saturated rings. The maximum Gasteiger partial charge on any atom is 0.434 e. The van der Waals surface area contributed by atoms with E-state index in [1.165, 1.54) is 17.2 Å². The van der Waals surface area contributed by atoms with E-state index in [0.29, 0.717) is 25.4 Å². The summed E-state index contributed by atoms with van der Waals surface area (Å²) < 4.78 is 23.3. The van der Waals surface area contributed by atoms with Gasteiger partial charge < -0.3 is 9.47 Å². The third kappa shape index (κ3) is 4.02. The van der Waals surface area contributed by atoms with Gasteiger partial charge in [-0.15, -0.1) is 0 Å². The summed E-state index contributed by atoms with van der Waals surface area (Å²) >= 11 is 0. The van der Waals surface area contributed by atoms with Crippen molar-refractivity contribution in [2.75, 3.05) is 19.8 Å². The topological polar surface area (TPSA) is 48.0 Å². The molecule has 2 aromatic carbocycles. The highest BCUT2D eigenvalue weighted by molar-refractivity contribution is 5.69. The minimum absolute atomic E-state index is 0.239. The van der Waals surface area contributed by atoms with Crippen LogP contribution in [0, 0.1) is 5.82 Å². The van der Waals surface area contributed by atoms with Crippen molar-refractivity contribution >= 4 is 6.09 Å². The third-order valence-corrected chi connectivity index (χ3v) is 3.61. The summed E-state index contributed by atoms with van der Waals surface area (Å²) in [6.45, 7) is 0.999. The Morgan fingerprint density at radius 2 is 1.83 bits per heavy atom. The predicted molar refractivity (Wildman–Crippen MR) is 84.8 cm³/mol. The smallest absolute Gasteiger partial charge is 0.434 e. The lowest BCUT2D eigenvalue weighted by atomic mass is 10.1. The van der Waals surface area contributed by atoms with Crippen LogP contribution in [0.3, 0.4) is 0 Å². The first-order chi connectivity index (χ1) is 11.7. The summed E-state index contributed by atoms with van der Waals surface area (Å²) in [4.78, 5) is 17.3. The number of nitrogens with zero attached hydrogens (tertiary/aromatic N) is 1. The monoisotopic (exact) mass is 331 g/mol. The van der Waals surface area contributed by atoms with Gasteiger partial charge >= 0.3 is 6.09 Å². The Balaban J connectivity index is 1.45. The van der Waals surface area contributed by atoms with Crippen LogP contribution in [0.5, 0.6) is 5.75 Å². The lowest BCUT2D eigenvalue weighted by molar-refractivity contribution is -0.134. The minimum atomic E-state index is -0.483. The van der Waals surface area contributed by atoms with Crippen molar-refractivity contribution in [3.8, 4) is 5.75 Å². The van der Waals surface area contributed by atoms with Crippen LogP contribution in [-0.4, -0.2) is 31.0 Å². The van der Waals surface area contributed by atoms with Gasteiger partial charge in [0.15, 0.2) is 0 Å². The van der Waals surface area contributed by atoms with E-state index in [4.69, 9.17) is 14.3 Å². The molecule has 1 unspecified atom stereocenters. The molecule has 1 aliphatic rings. The molecular weight excluding hydrogens is 313 g/mol. The number of hydroxylamine groups is 2. The number of benzene rings is 2. The molecule has 0 radical (unpaired) electrons. The summed E-state index contributed by atoms with van der Waals surface area (Å²) in [5, 5.41) is 1.27. The van der Waals surface area contributed by atoms with Crippen LogP contribution >= 0.6 is 0 Å². The van der Waals surface area contributed by atoms with Gasteiger partial charge in [0.05, 0.1) is 13.2 Å². The highest BCUT2D eigenvalue weighted by Crippen LogP contribution is 2.27. The van der Waals surface area contributed by atoms with E-state index in [2.05, 4.69) is 0 Å². The van der Waals surface area contributed by atoms with Crippen molar-refractivity contribution in [2.24, 2.45) is 0 Å². The summed E-state index contributed by atoms with van der Waals surface area (Å²) in [7, 11) is 0. The van der Waals surface area contributed by atoms with Gasteiger partial charge in [-0.05, 0) is 29.8 Å². The molecule has 0 bridgehead atoms. The highest BCUT2D eigenvalue weighted by Gasteiger charge is 2.35. The van der Waals surface area contributed by atoms with Gasteiger partial charge in [0, 0.05) is 6.42 Å². The number of hydrogen-bond acceptors (Lipinski definition) is 4. The molecule has 1 heterocycles. The van der Waals surface area contributed by atoms with Crippen LogP contribution in [-0.2, 0) is 9.57 Å². The zero-order valence-electron chi connectivity index (χ0n) is 13.1. The van der Waals surface area contributed by atoms with Gasteiger partial charge in [0.1, 0.15) is 24.2 Å². The van der Waals surface area contributed by atoms with Gasteiger partial charge in [0.2, 0.25) is 0 Å². The zero-order chi connectivity index (χ0) is 16.8. The average molecular weight is 331 g/mol. The molecule has 1 saturated heterocycles. The third-order valence-electron chi connectivity index (χ3n) is 3.61. The van der Waals surface area contributed by atoms with Gasteiger partial charge in [-0.1, -0.05) is 30.3 Å². The molecule has 24 heavy (non-hydrogen) atoms. The molecule has 6 heteroatoms. The molecule has 1 aliphatic heterocycles. The normalized spacial score (nSPS) is 17.0. The van der Waals surface area contributed by atoms with Crippen molar-refractivity contribution in [1.82, 2.24) is 5.06 Å². The molecule has 2 aromatic rings. The van der Waals surface area contributed by atoms with E-state index in [0.717, 1.165) is 5.56 Å². The van der Waals surface area contributed by atoms with E-state index >= 15 is 0 Å². The summed E-state index contributed by atoms with van der Waals surface area (Å²) in [5.74, 6) is 0.296. The van der Waals surface area contributed by atoms with E-state index in [-0.39, 0.29) is 18.5 Å². The van der Waals surface area contributed by atoms with E-state index in [1.807, 2.05) is 30.3 Å². The Bertz CT molecular complexity index is 662. The second-order valence-corrected chi connectivity index (χ2v) is 5.32. The second-order valence-electron chi connectivity index (χ2n) is 5.32. The number of amides is 1. The molecule has 5 nitrogen and oxygen atoms in total. The second kappa shape index (κ2) is 7.79. The molecule has 0 spiro atoms. The molecule has 0 aliphatic carbocycles. The fourth-order valence-electron chi connectivity index (χ4n) is 2.40. The summed E-state index contributed by atoms with van der Waals surface area (Å²) in [5.41, 5.74) is 0.964.